The average molecular weight is 575 g/mol. The molecule has 0 N–H and O–H groups in total. The second-order valence-electron chi connectivity index (χ2n) is 11.5. The third kappa shape index (κ3) is 5.04. The number of carbonyl (C=O) groups is 3. The fraction of sp³-hybridized carbons (Fsp3) is 0.467. The highest BCUT2D eigenvalue weighted by Crippen LogP contribution is 2.55. The number of halogens is 1. The summed E-state index contributed by atoms with van der Waals surface area (Å²) in [6.45, 7) is -0.483. The smallest absolute Gasteiger partial charge is 0.411 e. The van der Waals surface area contributed by atoms with Crippen LogP contribution in [0.15, 0.2) is 54.6 Å². The average Bonchev–Trinajstić information content (AvgIpc) is 3.62. The summed E-state index contributed by atoms with van der Waals surface area (Å²) < 4.78 is 19.8. The Morgan fingerprint density at radius 1 is 1.02 bits per heavy atom. The highest BCUT2D eigenvalue weighted by molar-refractivity contribution is 5.84. The normalized spacial score (nSPS) is 26.5. The number of likely N-dealkylation sites (tertiary alicyclic amines) is 1. The van der Waals surface area contributed by atoms with Gasteiger partial charge in [0.25, 0.3) is 0 Å². The number of para-hydroxylation sites is 1. The van der Waals surface area contributed by atoms with E-state index in [-0.39, 0.29) is 26.1 Å². The Morgan fingerprint density at radius 3 is 2.43 bits per heavy atom. The van der Waals surface area contributed by atoms with Gasteiger partial charge in [-0.1, -0.05) is 47.3 Å². The molecule has 2 aromatic carbocycles. The monoisotopic (exact) mass is 574 g/mol. The Kier molecular flexibility index (Phi) is 7.26. The summed E-state index contributed by atoms with van der Waals surface area (Å²) in [6.07, 6.45) is 0.753. The molecule has 3 aliphatic carbocycles. The molecule has 2 atom stereocenters. The zero-order valence-electron chi connectivity index (χ0n) is 23.0. The summed E-state index contributed by atoms with van der Waals surface area (Å²) in [7, 11) is 0. The molecule has 42 heavy (non-hydrogen) atoms. The van der Waals surface area contributed by atoms with Crippen molar-refractivity contribution in [2.75, 3.05) is 13.1 Å². The lowest BCUT2D eigenvalue weighted by atomic mass is 9.56. The predicted molar refractivity (Wildman–Crippen MR) is 146 cm³/mol. The minimum Gasteiger partial charge on any atom is -0.445 e. The first-order valence-corrected chi connectivity index (χ1v) is 14.2. The molecule has 218 valence electrons. The molecule has 1 aliphatic heterocycles. The van der Waals surface area contributed by atoms with Crippen molar-refractivity contribution in [3.8, 4) is 6.07 Å². The number of aromatic nitrogens is 3. The maximum absolute atomic E-state index is 14.1. The molecule has 1 saturated heterocycles. The number of nitrogens with zero attached hydrogens (tertiary/aromatic N) is 6. The summed E-state index contributed by atoms with van der Waals surface area (Å²) in [6, 6.07) is 17.5. The van der Waals surface area contributed by atoms with E-state index in [4.69, 9.17) is 9.57 Å². The van der Waals surface area contributed by atoms with Gasteiger partial charge in [-0.3, -0.25) is 9.69 Å². The minimum absolute atomic E-state index is 0.0274. The zero-order valence-corrected chi connectivity index (χ0v) is 23.0. The molecule has 12 heteroatoms. The number of alkyl halides is 1. The molecule has 4 aliphatic rings. The van der Waals surface area contributed by atoms with Crippen molar-refractivity contribution in [1.29, 1.82) is 5.26 Å². The largest absolute Gasteiger partial charge is 0.445 e. The molecule has 3 aromatic rings. The van der Waals surface area contributed by atoms with E-state index in [0.717, 1.165) is 10.4 Å². The Morgan fingerprint density at radius 2 is 1.71 bits per heavy atom. The van der Waals surface area contributed by atoms with Crippen molar-refractivity contribution in [2.45, 2.75) is 69.3 Å². The second-order valence-corrected chi connectivity index (χ2v) is 11.5. The molecule has 11 nitrogen and oxygen atoms in total. The van der Waals surface area contributed by atoms with E-state index < -0.39 is 41.1 Å². The van der Waals surface area contributed by atoms with Crippen LogP contribution in [0.25, 0.3) is 11.0 Å². The van der Waals surface area contributed by atoms with Gasteiger partial charge in [0.05, 0.1) is 18.0 Å². The van der Waals surface area contributed by atoms with E-state index in [1.807, 2.05) is 48.5 Å². The van der Waals surface area contributed by atoms with Crippen LogP contribution in [-0.4, -0.2) is 73.8 Å². The van der Waals surface area contributed by atoms with Gasteiger partial charge in [0.15, 0.2) is 0 Å². The van der Waals surface area contributed by atoms with Crippen LogP contribution in [0, 0.1) is 16.7 Å². The number of hydrogen-bond acceptors (Lipinski definition) is 8. The first-order chi connectivity index (χ1) is 20.3. The topological polar surface area (TPSA) is 131 Å². The van der Waals surface area contributed by atoms with Crippen molar-refractivity contribution in [1.82, 2.24) is 25.0 Å². The molecule has 4 fully saturated rings. The van der Waals surface area contributed by atoms with Gasteiger partial charge in [-0.15, -0.1) is 5.10 Å². The molecule has 0 spiro atoms. The summed E-state index contributed by atoms with van der Waals surface area (Å²) in [5, 5.41) is 17.5. The molecule has 7 rings (SSSR count). The highest BCUT2D eigenvalue weighted by Gasteiger charge is 2.57. The molecule has 0 unspecified atom stereocenters. The maximum atomic E-state index is 14.1. The Bertz CT molecular complexity index is 1510. The van der Waals surface area contributed by atoms with Crippen LogP contribution in [0.1, 0.15) is 50.5 Å². The lowest BCUT2D eigenvalue weighted by Crippen LogP contribution is -2.62. The summed E-state index contributed by atoms with van der Waals surface area (Å²) in [5.41, 5.74) is 0.526. The number of hydrogen-bond donors (Lipinski definition) is 0. The van der Waals surface area contributed by atoms with Gasteiger partial charge in [-0.2, -0.15) is 5.26 Å². The first kappa shape index (κ1) is 27.6. The number of rotatable bonds is 7. The van der Waals surface area contributed by atoms with E-state index in [1.165, 1.54) is 9.80 Å². The van der Waals surface area contributed by atoms with Crippen molar-refractivity contribution in [3.63, 3.8) is 0 Å². The van der Waals surface area contributed by atoms with Crippen LogP contribution >= 0.6 is 0 Å². The van der Waals surface area contributed by atoms with Crippen molar-refractivity contribution in [2.24, 2.45) is 5.41 Å². The van der Waals surface area contributed by atoms with Gasteiger partial charge in [0, 0.05) is 12.0 Å². The minimum atomic E-state index is -1.28. The number of ether oxygens (including phenoxy) is 1. The van der Waals surface area contributed by atoms with Crippen LogP contribution in [0.3, 0.4) is 0 Å². The van der Waals surface area contributed by atoms with Crippen molar-refractivity contribution < 1.29 is 28.3 Å². The quantitative estimate of drug-likeness (QED) is 0.392. The molecule has 1 aromatic heterocycles. The maximum Gasteiger partial charge on any atom is 0.411 e. The highest BCUT2D eigenvalue weighted by atomic mass is 19.1. The molecule has 2 heterocycles. The number of amides is 2. The molecule has 2 bridgehead atoms. The van der Waals surface area contributed by atoms with Crippen LogP contribution in [0.5, 0.6) is 0 Å². The SMILES string of the molecule is N#C[C@@H]1C[C@H](F)CN1C(=O)CN(C(=O)OCc1ccccc1)C12CCC(C(=O)On3nnc4ccccc43)(CC1)CC2. The van der Waals surface area contributed by atoms with Gasteiger partial charge >= 0.3 is 12.1 Å². The number of carbonyl (C=O) groups excluding carboxylic acids is 3. The summed E-state index contributed by atoms with van der Waals surface area (Å²) >= 11 is 0. The zero-order chi connectivity index (χ0) is 29.3. The van der Waals surface area contributed by atoms with Crippen LogP contribution in [0.2, 0.25) is 0 Å². The van der Waals surface area contributed by atoms with Crippen LogP contribution in [0.4, 0.5) is 9.18 Å². The molecular formula is C30H31FN6O5. The van der Waals surface area contributed by atoms with Gasteiger partial charge in [-0.05, 0) is 61.4 Å². The summed E-state index contributed by atoms with van der Waals surface area (Å²) in [5.74, 6) is -0.892. The molecule has 0 radical (unpaired) electrons. The first-order valence-electron chi connectivity index (χ1n) is 14.2. The van der Waals surface area contributed by atoms with Crippen LogP contribution < -0.4 is 4.84 Å². The summed E-state index contributed by atoms with van der Waals surface area (Å²) in [4.78, 5) is 50.0. The third-order valence-electron chi connectivity index (χ3n) is 9.14. The number of fused-ring (bicyclic) bond motifs is 4. The lowest BCUT2D eigenvalue weighted by Gasteiger charge is -2.55. The van der Waals surface area contributed by atoms with E-state index in [1.54, 1.807) is 12.1 Å². The molecule has 2 amide bonds. The number of benzene rings is 2. The van der Waals surface area contributed by atoms with E-state index in [0.29, 0.717) is 49.6 Å². The van der Waals surface area contributed by atoms with Gasteiger partial charge in [0.2, 0.25) is 5.91 Å². The van der Waals surface area contributed by atoms with Gasteiger partial charge < -0.3 is 14.5 Å². The Balaban J connectivity index is 1.19. The van der Waals surface area contributed by atoms with Gasteiger partial charge in [-0.25, -0.2) is 14.0 Å². The third-order valence-corrected chi connectivity index (χ3v) is 9.14. The fourth-order valence-corrected chi connectivity index (χ4v) is 6.60. The van der Waals surface area contributed by atoms with Crippen LogP contribution in [-0.2, 0) is 20.9 Å². The van der Waals surface area contributed by atoms with Gasteiger partial charge in [0.1, 0.15) is 36.4 Å². The predicted octanol–water partition coefficient (Wildman–Crippen LogP) is 3.58. The molecular weight excluding hydrogens is 543 g/mol. The lowest BCUT2D eigenvalue weighted by molar-refractivity contribution is -0.169. The second kappa shape index (κ2) is 11.0. The van der Waals surface area contributed by atoms with Crippen molar-refractivity contribution >= 4 is 29.0 Å². The molecule has 3 saturated carbocycles. The Labute approximate surface area is 241 Å². The number of nitriles is 1. The van der Waals surface area contributed by atoms with Crippen molar-refractivity contribution in [3.05, 3.63) is 60.2 Å². The van der Waals surface area contributed by atoms with E-state index >= 15 is 0 Å². The Hall–Kier alpha value is -4.53. The van der Waals surface area contributed by atoms with E-state index in [9.17, 15) is 24.0 Å². The van der Waals surface area contributed by atoms with E-state index in [2.05, 4.69) is 10.3 Å². The standard InChI is InChI=1S/C30H31FN6O5/c31-22-16-23(17-32)35(18-22)26(38)19-36(28(40)41-20-21-6-2-1-3-7-21)30-13-10-29(11-14-30,12-15-30)27(39)42-37-25-9-5-4-8-24(25)33-34-37/h1-9,22-23H,10-16,18-20H2/t22-,23-,29?,30?/m0/s1. The fourth-order valence-electron chi connectivity index (χ4n) is 6.60.